The lowest BCUT2D eigenvalue weighted by Crippen LogP contribution is -2.45. The van der Waals surface area contributed by atoms with Gasteiger partial charge in [0.1, 0.15) is 11.8 Å². The smallest absolute Gasteiger partial charge is 0.329 e. The molecule has 1 saturated carbocycles. The average molecular weight is 373 g/mol. The van der Waals surface area contributed by atoms with Crippen molar-refractivity contribution in [1.82, 2.24) is 10.1 Å². The van der Waals surface area contributed by atoms with E-state index in [1.54, 1.807) is 6.92 Å². The number of carbonyl (C=O) groups is 4. The highest BCUT2D eigenvalue weighted by Crippen LogP contribution is 2.52. The first-order chi connectivity index (χ1) is 12.9. The molecule has 3 amide bonds. The van der Waals surface area contributed by atoms with Gasteiger partial charge in [-0.1, -0.05) is 17.3 Å². The molecule has 4 rings (SSSR count). The molecule has 1 saturated heterocycles. The van der Waals surface area contributed by atoms with Crippen LogP contribution in [0.15, 0.2) is 22.7 Å². The van der Waals surface area contributed by atoms with E-state index in [1.807, 2.05) is 12.2 Å². The van der Waals surface area contributed by atoms with Crippen molar-refractivity contribution in [2.24, 2.45) is 23.7 Å². The lowest BCUT2D eigenvalue weighted by molar-refractivity contribution is -0.159. The number of esters is 1. The molecule has 2 heterocycles. The fourth-order valence-corrected chi connectivity index (χ4v) is 4.27. The van der Waals surface area contributed by atoms with Gasteiger partial charge in [0.05, 0.1) is 11.8 Å². The third kappa shape index (κ3) is 2.83. The number of carbonyl (C=O) groups excluding carboxylic acids is 4. The highest BCUT2D eigenvalue weighted by atomic mass is 16.5. The number of imide groups is 1. The predicted molar refractivity (Wildman–Crippen MR) is 89.9 cm³/mol. The molecule has 0 unspecified atom stereocenters. The van der Waals surface area contributed by atoms with Crippen LogP contribution >= 0.6 is 0 Å². The van der Waals surface area contributed by atoms with E-state index < -0.39 is 24.5 Å². The van der Waals surface area contributed by atoms with E-state index in [0.29, 0.717) is 5.76 Å². The molecule has 2 bridgehead atoms. The van der Waals surface area contributed by atoms with Gasteiger partial charge in [0.25, 0.3) is 5.91 Å². The molecule has 1 aromatic heterocycles. The predicted octanol–water partition coefficient (Wildman–Crippen LogP) is 0.660. The van der Waals surface area contributed by atoms with Gasteiger partial charge in [-0.25, -0.2) is 4.79 Å². The summed E-state index contributed by atoms with van der Waals surface area (Å²) in [6, 6.07) is 0.447. The van der Waals surface area contributed by atoms with Crippen molar-refractivity contribution in [2.75, 3.05) is 11.9 Å². The first-order valence-corrected chi connectivity index (χ1v) is 8.82. The maximum atomic E-state index is 12.7. The number of fused-ring (bicyclic) bond motifs is 5. The van der Waals surface area contributed by atoms with Crippen molar-refractivity contribution in [2.45, 2.75) is 26.3 Å². The van der Waals surface area contributed by atoms with Crippen LogP contribution in [-0.4, -0.2) is 46.4 Å². The molecule has 2 fully saturated rings. The summed E-state index contributed by atoms with van der Waals surface area (Å²) in [5.74, 6) is -1.92. The van der Waals surface area contributed by atoms with Crippen LogP contribution in [0.2, 0.25) is 0 Å². The molecule has 0 aromatic carbocycles. The van der Waals surface area contributed by atoms with Crippen LogP contribution in [0.1, 0.15) is 19.1 Å². The van der Waals surface area contributed by atoms with Gasteiger partial charge < -0.3 is 14.6 Å². The molecule has 5 atom stereocenters. The number of nitrogens with zero attached hydrogens (tertiary/aromatic N) is 2. The lowest BCUT2D eigenvalue weighted by Gasteiger charge is -2.22. The van der Waals surface area contributed by atoms with E-state index in [1.165, 1.54) is 13.0 Å². The number of aromatic nitrogens is 1. The van der Waals surface area contributed by atoms with Crippen molar-refractivity contribution >= 4 is 29.5 Å². The van der Waals surface area contributed by atoms with Gasteiger partial charge in [-0.3, -0.25) is 19.3 Å². The number of ether oxygens (including phenoxy) is 1. The Morgan fingerprint density at radius 2 is 1.93 bits per heavy atom. The third-order valence-corrected chi connectivity index (χ3v) is 5.47. The zero-order chi connectivity index (χ0) is 19.3. The van der Waals surface area contributed by atoms with Gasteiger partial charge in [-0.05, 0) is 32.1 Å². The van der Waals surface area contributed by atoms with E-state index >= 15 is 0 Å². The number of aryl methyl sites for hydroxylation is 1. The van der Waals surface area contributed by atoms with E-state index in [9.17, 15) is 19.2 Å². The van der Waals surface area contributed by atoms with Crippen LogP contribution in [-0.2, 0) is 23.9 Å². The van der Waals surface area contributed by atoms with Crippen molar-refractivity contribution in [3.63, 3.8) is 0 Å². The number of allylic oxidation sites excluding steroid dienone is 2. The standard InChI is InChI=1S/C18H19N3O6/c1-8-5-12(20-27-8)19-13(22)7-26-18(25)9(2)21-16(23)14-10-3-4-11(6-10)15(14)17(21)24/h3-5,9-11,14-15H,6-7H2,1-2H3,(H,19,20,22)/t9-,10+,11+,14-,15+/m1/s1. The van der Waals surface area contributed by atoms with Crippen LogP contribution in [0.5, 0.6) is 0 Å². The highest BCUT2D eigenvalue weighted by Gasteiger charge is 2.60. The van der Waals surface area contributed by atoms with Crippen LogP contribution < -0.4 is 5.32 Å². The van der Waals surface area contributed by atoms with Gasteiger partial charge in [0.2, 0.25) is 11.8 Å². The van der Waals surface area contributed by atoms with Gasteiger partial charge in [0.15, 0.2) is 12.4 Å². The Morgan fingerprint density at radius 1 is 1.30 bits per heavy atom. The van der Waals surface area contributed by atoms with Crippen molar-refractivity contribution in [3.8, 4) is 0 Å². The summed E-state index contributed by atoms with van der Waals surface area (Å²) in [6.07, 6.45) is 4.79. The first-order valence-electron chi connectivity index (χ1n) is 8.82. The maximum absolute atomic E-state index is 12.7. The number of nitrogens with one attached hydrogen (secondary N) is 1. The fraction of sp³-hybridized carbons (Fsp3) is 0.500. The molecule has 9 nitrogen and oxygen atoms in total. The zero-order valence-corrected chi connectivity index (χ0v) is 14.9. The Balaban J connectivity index is 1.35. The largest absolute Gasteiger partial charge is 0.454 e. The molecule has 27 heavy (non-hydrogen) atoms. The number of amides is 3. The number of rotatable bonds is 5. The minimum atomic E-state index is -1.07. The molecule has 1 aliphatic heterocycles. The van der Waals surface area contributed by atoms with Crippen LogP contribution in [0.3, 0.4) is 0 Å². The quantitative estimate of drug-likeness (QED) is 0.457. The third-order valence-electron chi connectivity index (χ3n) is 5.47. The summed E-state index contributed by atoms with van der Waals surface area (Å²) in [5.41, 5.74) is 0. The van der Waals surface area contributed by atoms with E-state index in [2.05, 4.69) is 10.5 Å². The molecular weight excluding hydrogens is 354 g/mol. The molecule has 1 aromatic rings. The molecule has 9 heteroatoms. The second kappa shape index (κ2) is 6.33. The van der Waals surface area contributed by atoms with E-state index in [0.717, 1.165) is 11.3 Å². The summed E-state index contributed by atoms with van der Waals surface area (Å²) in [4.78, 5) is 50.5. The van der Waals surface area contributed by atoms with Crippen molar-refractivity contribution in [1.29, 1.82) is 0 Å². The highest BCUT2D eigenvalue weighted by molar-refractivity contribution is 6.09. The van der Waals surface area contributed by atoms with E-state index in [-0.39, 0.29) is 41.3 Å². The minimum absolute atomic E-state index is 0.0707. The van der Waals surface area contributed by atoms with Crippen molar-refractivity contribution < 1.29 is 28.4 Å². The molecular formula is C18H19N3O6. The van der Waals surface area contributed by atoms with Crippen molar-refractivity contribution in [3.05, 3.63) is 24.0 Å². The number of likely N-dealkylation sites (tertiary alicyclic amines) is 1. The van der Waals surface area contributed by atoms with Crippen LogP contribution in [0.4, 0.5) is 5.82 Å². The second-order valence-corrected chi connectivity index (χ2v) is 7.20. The zero-order valence-electron chi connectivity index (χ0n) is 14.9. The maximum Gasteiger partial charge on any atom is 0.329 e. The Bertz CT molecular complexity index is 829. The Morgan fingerprint density at radius 3 is 2.48 bits per heavy atom. The van der Waals surface area contributed by atoms with E-state index in [4.69, 9.17) is 9.26 Å². The normalized spacial score (nSPS) is 29.2. The second-order valence-electron chi connectivity index (χ2n) is 7.20. The van der Waals surface area contributed by atoms with Gasteiger partial charge in [-0.15, -0.1) is 0 Å². The Hall–Kier alpha value is -2.97. The van der Waals surface area contributed by atoms with Gasteiger partial charge >= 0.3 is 5.97 Å². The molecule has 0 radical (unpaired) electrons. The Kier molecular flexibility index (Phi) is 4.09. The first kappa shape index (κ1) is 17.4. The van der Waals surface area contributed by atoms with Gasteiger partial charge in [-0.2, -0.15) is 0 Å². The number of hydrogen-bond donors (Lipinski definition) is 1. The summed E-state index contributed by atoms with van der Waals surface area (Å²) in [6.45, 7) is 2.56. The summed E-state index contributed by atoms with van der Waals surface area (Å²) in [5, 5.41) is 6.02. The minimum Gasteiger partial charge on any atom is -0.454 e. The monoisotopic (exact) mass is 373 g/mol. The SMILES string of the molecule is Cc1cc(NC(=O)COC(=O)[C@@H](C)N2C(=O)[C@@H]3[C@H](C2=O)[C@H]2C=C[C@H]3C2)no1. The topological polar surface area (TPSA) is 119 Å². The number of anilines is 1. The summed E-state index contributed by atoms with van der Waals surface area (Å²) in [7, 11) is 0. The fourth-order valence-electron chi connectivity index (χ4n) is 4.27. The average Bonchev–Trinajstić information content (AvgIpc) is 3.38. The van der Waals surface area contributed by atoms with Crippen LogP contribution in [0, 0.1) is 30.6 Å². The van der Waals surface area contributed by atoms with Gasteiger partial charge in [0, 0.05) is 6.07 Å². The lowest BCUT2D eigenvalue weighted by atomic mass is 9.85. The molecule has 142 valence electrons. The Labute approximate surface area is 154 Å². The molecule has 1 N–H and O–H groups in total. The summed E-state index contributed by atoms with van der Waals surface area (Å²) >= 11 is 0. The van der Waals surface area contributed by atoms with Crippen LogP contribution in [0.25, 0.3) is 0 Å². The molecule has 0 spiro atoms. The summed E-state index contributed by atoms with van der Waals surface area (Å²) < 4.78 is 9.79. The molecule has 3 aliphatic rings. The number of hydrogen-bond acceptors (Lipinski definition) is 7. The molecule has 2 aliphatic carbocycles.